The summed E-state index contributed by atoms with van der Waals surface area (Å²) in [6, 6.07) is 29.4. The van der Waals surface area contributed by atoms with Gasteiger partial charge in [0, 0.05) is 48.9 Å². The van der Waals surface area contributed by atoms with E-state index in [-0.39, 0.29) is 71.9 Å². The van der Waals surface area contributed by atoms with Gasteiger partial charge >= 0.3 is 6.09 Å². The number of anilines is 1. The first-order chi connectivity index (χ1) is 48.6. The molecular formula is C76H85Cl6N11O9. The van der Waals surface area contributed by atoms with E-state index < -0.39 is 23.0 Å². The zero-order chi connectivity index (χ0) is 73.4. The number of aromatic nitrogens is 5. The standard InChI is InChI=1S/C24H25ClN6O2.C19H25ClN2O4.C14H17ClN2O.C11H12ClNO.C8H6Cl2O/c1-14(18-11-15-5-4-6-17(25)20(15)24(32)31(18)16-8-9-16)29-22-21-23(27-12-26-22)30(13-28-21)19-7-2-3-10-33-19;1-11(21-18(25)26-19(2,3)4)15(23)10-12-6-5-7-14(20)16(12)17(24)22-13-8-9-13;1-8(16)12-7-9-3-2-4-11(15)13(9)14(18)17(12)10-5-6-10;1-7-3-2-4-9(12)10(7)11(14)13-8-5-6-8;1-5-3-2-4-6(9)7(5)8(10)11/h4-6,11-14,16,19H,2-3,7-10H2,1H3,(H,26,27,29);5-7,11,13H,8-10H2,1-4H3,(H,21,25)(H,22,24);2-4,8,10,12H,5-7,16H2,1H3;2-4,8H,5-6H2,1H3,(H,13,14);2-4H,1H3/t14-,19?;;8-,12?;;/m0.0../s1. The smallest absolute Gasteiger partial charge is 0.408 e. The summed E-state index contributed by atoms with van der Waals surface area (Å²) >= 11 is 35.7. The first-order valence-corrected chi connectivity index (χ1v) is 36.7. The van der Waals surface area contributed by atoms with Gasteiger partial charge in [0.25, 0.3) is 28.5 Å². The number of hydrogen-bond acceptors (Lipinski definition) is 14. The average Bonchev–Trinajstić information content (AvgIpc) is 1.25. The van der Waals surface area contributed by atoms with Gasteiger partial charge in [-0.3, -0.25) is 33.3 Å². The van der Waals surface area contributed by atoms with Gasteiger partial charge in [-0.25, -0.2) is 19.7 Å². The van der Waals surface area contributed by atoms with Crippen molar-refractivity contribution in [2.45, 2.75) is 199 Å². The number of nitrogens with two attached hydrogens (primary N) is 1. The van der Waals surface area contributed by atoms with E-state index in [0.717, 1.165) is 117 Å². The molecule has 3 aromatic heterocycles. The molecule has 5 fully saturated rings. The zero-order valence-corrected chi connectivity index (χ0v) is 62.7. The number of imidazole rings is 1. The summed E-state index contributed by atoms with van der Waals surface area (Å²) in [5.41, 5.74) is 13.1. The minimum atomic E-state index is -0.747. The number of nitrogens with one attached hydrogen (secondary N) is 4. The van der Waals surface area contributed by atoms with Gasteiger partial charge in [0.15, 0.2) is 22.8 Å². The van der Waals surface area contributed by atoms with Crippen molar-refractivity contribution in [2.24, 2.45) is 5.73 Å². The quantitative estimate of drug-likeness (QED) is 0.0564. The van der Waals surface area contributed by atoms with Crippen molar-refractivity contribution >= 4 is 132 Å². The molecule has 540 valence electrons. The summed E-state index contributed by atoms with van der Waals surface area (Å²) in [7, 11) is 0. The summed E-state index contributed by atoms with van der Waals surface area (Å²) in [5.74, 6) is 0.151. The van der Waals surface area contributed by atoms with Crippen LogP contribution in [0.4, 0.5) is 10.6 Å². The molecule has 0 bridgehead atoms. The predicted molar refractivity (Wildman–Crippen MR) is 402 cm³/mol. The number of pyridine rings is 1. The lowest BCUT2D eigenvalue weighted by Crippen LogP contribution is -2.54. The Morgan fingerprint density at radius 2 is 1.26 bits per heavy atom. The molecule has 2 aliphatic heterocycles. The summed E-state index contributed by atoms with van der Waals surface area (Å²) in [6.07, 6.45) is 14.9. The molecule has 6 N–H and O–H groups in total. The van der Waals surface area contributed by atoms with E-state index in [9.17, 15) is 33.6 Å². The highest BCUT2D eigenvalue weighted by Gasteiger charge is 2.43. The van der Waals surface area contributed by atoms with E-state index in [4.69, 9.17) is 84.8 Å². The summed E-state index contributed by atoms with van der Waals surface area (Å²) < 4.78 is 15.0. The SMILES string of the molecule is CC(NC(=O)OC(C)(C)C)C(=O)Cc1cccc(Cl)c1C(=O)NC1CC1.C[C@H](N)C1Cc2cccc(Cl)c2C(=O)N1C1CC1.C[C@H](Nc1ncnc2c1ncn2C1CCCCO1)c1cc2cccc(Cl)c2c(=O)n1C1CC1.Cc1cccc(Cl)c1C(=O)Cl.Cc1cccc(Cl)c1C(=O)NC1CC1. The van der Waals surface area contributed by atoms with Crippen LogP contribution in [0, 0.1) is 13.8 Å². The molecule has 8 aromatic rings. The Bertz CT molecular complexity index is 4460. The lowest BCUT2D eigenvalue weighted by atomic mass is 9.90. The van der Waals surface area contributed by atoms with E-state index in [1.165, 1.54) is 0 Å². The normalized spacial score (nSPS) is 17.8. The van der Waals surface area contributed by atoms with E-state index in [1.54, 1.807) is 102 Å². The molecule has 5 heterocycles. The third-order valence-electron chi connectivity index (χ3n) is 18.1. The number of alkyl carbamates (subject to hydrolysis) is 1. The van der Waals surface area contributed by atoms with Crippen molar-refractivity contribution < 1.29 is 38.2 Å². The number of carbonyl (C=O) groups excluding carboxylic acids is 6. The minimum Gasteiger partial charge on any atom is -0.444 e. The number of fused-ring (bicyclic) bond motifs is 3. The third kappa shape index (κ3) is 19.6. The fourth-order valence-electron chi connectivity index (χ4n) is 12.2. The second kappa shape index (κ2) is 33.8. The molecular weight excluding hydrogens is 1420 g/mol. The van der Waals surface area contributed by atoms with Gasteiger partial charge in [0.1, 0.15) is 18.2 Å². The Labute approximate surface area is 623 Å². The number of amides is 4. The number of aryl methyl sites for hydroxylation is 2. The monoisotopic (exact) mass is 1510 g/mol. The number of carbonyl (C=O) groups is 6. The van der Waals surface area contributed by atoms with E-state index in [2.05, 4.69) is 42.3 Å². The number of halogens is 6. The summed E-state index contributed by atoms with van der Waals surface area (Å²) in [5, 5.41) is 15.0. The van der Waals surface area contributed by atoms with Crippen LogP contribution in [0.1, 0.15) is 200 Å². The second-order valence-corrected chi connectivity index (χ2v) is 30.1. The maximum absolute atomic E-state index is 13.4. The maximum atomic E-state index is 13.4. The lowest BCUT2D eigenvalue weighted by molar-refractivity contribution is -0.120. The molecule has 4 aliphatic carbocycles. The van der Waals surface area contributed by atoms with Crippen molar-refractivity contribution in [3.05, 3.63) is 195 Å². The van der Waals surface area contributed by atoms with Crippen LogP contribution in [0.25, 0.3) is 21.9 Å². The van der Waals surface area contributed by atoms with Crippen LogP contribution < -0.4 is 32.6 Å². The van der Waals surface area contributed by atoms with Gasteiger partial charge < -0.3 is 45.9 Å². The van der Waals surface area contributed by atoms with Crippen LogP contribution >= 0.6 is 69.6 Å². The number of rotatable bonds is 16. The number of benzene rings is 5. The fourth-order valence-corrected chi connectivity index (χ4v) is 14.0. The highest BCUT2D eigenvalue weighted by molar-refractivity contribution is 6.69. The Morgan fingerprint density at radius 3 is 1.83 bits per heavy atom. The molecule has 3 unspecified atom stereocenters. The van der Waals surface area contributed by atoms with Crippen molar-refractivity contribution in [2.75, 3.05) is 11.9 Å². The molecule has 1 saturated heterocycles. The van der Waals surface area contributed by atoms with Gasteiger partial charge in [-0.05, 0) is 208 Å². The highest BCUT2D eigenvalue weighted by Crippen LogP contribution is 2.40. The van der Waals surface area contributed by atoms with Crippen LogP contribution in [-0.4, -0.2) is 112 Å². The van der Waals surface area contributed by atoms with E-state index in [1.807, 2.05) is 71.2 Å². The molecule has 4 amide bonds. The van der Waals surface area contributed by atoms with Gasteiger partial charge in [-0.1, -0.05) is 119 Å². The molecule has 0 spiro atoms. The van der Waals surface area contributed by atoms with E-state index in [0.29, 0.717) is 81.7 Å². The van der Waals surface area contributed by atoms with Crippen molar-refractivity contribution in [3.8, 4) is 0 Å². The Hall–Kier alpha value is -7.66. The van der Waals surface area contributed by atoms with Crippen LogP contribution in [0.15, 0.2) is 115 Å². The zero-order valence-electron chi connectivity index (χ0n) is 58.2. The average molecular weight is 1510 g/mol. The summed E-state index contributed by atoms with van der Waals surface area (Å²) in [4.78, 5) is 101. The molecule has 20 nitrogen and oxygen atoms in total. The number of ether oxygens (including phenoxy) is 2. The first kappa shape index (κ1) is 77.0. The predicted octanol–water partition coefficient (Wildman–Crippen LogP) is 16.0. The van der Waals surface area contributed by atoms with Crippen LogP contribution in [0.3, 0.4) is 0 Å². The first-order valence-electron chi connectivity index (χ1n) is 34.4. The topological polar surface area (TPSA) is 264 Å². The number of ketones is 1. The van der Waals surface area contributed by atoms with Gasteiger partial charge in [0.05, 0.1) is 77.2 Å². The van der Waals surface area contributed by atoms with Crippen LogP contribution in [0.2, 0.25) is 25.1 Å². The number of nitrogens with zero attached hydrogens (tertiary/aromatic N) is 6. The lowest BCUT2D eigenvalue weighted by Gasteiger charge is -2.39. The fraction of sp³-hybridized carbons (Fsp3) is 0.421. The largest absolute Gasteiger partial charge is 0.444 e. The molecule has 0 radical (unpaired) electrons. The molecule has 6 aliphatic rings. The summed E-state index contributed by atoms with van der Waals surface area (Å²) in [6.45, 7) is 15.3. The molecule has 102 heavy (non-hydrogen) atoms. The number of Topliss-reactive ketones (excluding diaryl/α,β-unsaturated/α-hetero) is 1. The Kier molecular flexibility index (Phi) is 25.5. The Morgan fingerprint density at radius 1 is 0.686 bits per heavy atom. The second-order valence-electron chi connectivity index (χ2n) is 27.7. The maximum Gasteiger partial charge on any atom is 0.408 e. The molecule has 5 aromatic carbocycles. The van der Waals surface area contributed by atoms with Crippen molar-refractivity contribution in [1.82, 2.24) is 44.9 Å². The minimum absolute atomic E-state index is 0.00898. The highest BCUT2D eigenvalue weighted by atomic mass is 35.5. The van der Waals surface area contributed by atoms with Crippen LogP contribution in [0.5, 0.6) is 0 Å². The van der Waals surface area contributed by atoms with Crippen molar-refractivity contribution in [3.63, 3.8) is 0 Å². The van der Waals surface area contributed by atoms with Crippen molar-refractivity contribution in [1.29, 1.82) is 0 Å². The molecule has 26 heteroatoms. The molecule has 4 saturated carbocycles. The van der Waals surface area contributed by atoms with Crippen LogP contribution in [-0.2, 0) is 27.1 Å². The third-order valence-corrected chi connectivity index (χ3v) is 19.8. The van der Waals surface area contributed by atoms with Gasteiger partial charge in [-0.2, -0.15) is 0 Å². The number of hydrogen-bond donors (Lipinski definition) is 5. The van der Waals surface area contributed by atoms with Gasteiger partial charge in [-0.15, -0.1) is 0 Å². The van der Waals surface area contributed by atoms with E-state index >= 15 is 0 Å². The molecule has 5 atom stereocenters. The molecule has 14 rings (SSSR count). The Balaban J connectivity index is 0.000000145. The van der Waals surface area contributed by atoms with Gasteiger partial charge in [0.2, 0.25) is 0 Å².